The number of nitrogens with one attached hydrogen (secondary N) is 1. The number of aromatic amines is 1. The molecule has 3 nitrogen and oxygen atoms in total. The van der Waals surface area contributed by atoms with E-state index in [1.165, 1.54) is 6.07 Å². The number of aromatic nitrogens is 2. The quantitative estimate of drug-likeness (QED) is 0.823. The second kappa shape index (κ2) is 6.21. The zero-order chi connectivity index (χ0) is 11.7. The molecule has 0 saturated carbocycles. The van der Waals surface area contributed by atoms with E-state index >= 15 is 0 Å². The van der Waals surface area contributed by atoms with E-state index in [0.29, 0.717) is 15.7 Å². The molecule has 1 heterocycles. The van der Waals surface area contributed by atoms with Crippen LogP contribution in [0, 0.1) is 6.92 Å². The summed E-state index contributed by atoms with van der Waals surface area (Å²) in [5.74, 6) is 0. The van der Waals surface area contributed by atoms with Crippen molar-refractivity contribution in [3.8, 4) is 11.3 Å². The maximum Gasteiger partial charge on any atom is 2.00 e. The Hall–Kier alpha value is -0.0603. The maximum absolute atomic E-state index is 10.9. The van der Waals surface area contributed by atoms with Crippen LogP contribution in [0.1, 0.15) is 8.42 Å². The summed E-state index contributed by atoms with van der Waals surface area (Å²) in [6.07, 6.45) is 0. The Morgan fingerprint density at radius 2 is 1.82 bits per heavy atom. The summed E-state index contributed by atoms with van der Waals surface area (Å²) >= 11 is 12.0. The molecule has 6 heteroatoms. The molecular weight excluding hydrogens is 287 g/mol. The zero-order valence-corrected chi connectivity index (χ0v) is 12.8. The molecule has 0 atom stereocenters. The van der Waals surface area contributed by atoms with Gasteiger partial charge in [-0.25, -0.2) is 5.10 Å². The van der Waals surface area contributed by atoms with Crippen molar-refractivity contribution in [3.63, 3.8) is 0 Å². The van der Waals surface area contributed by atoms with Crippen LogP contribution in [0.25, 0.3) is 11.3 Å². The fourth-order valence-electron chi connectivity index (χ4n) is 1.30. The summed E-state index contributed by atoms with van der Waals surface area (Å²) in [4.78, 5) is 10.9. The van der Waals surface area contributed by atoms with Crippen LogP contribution < -0.4 is 5.56 Å². The summed E-state index contributed by atoms with van der Waals surface area (Å²) in [6.45, 7) is 1.84. The van der Waals surface area contributed by atoms with Crippen molar-refractivity contribution in [1.29, 1.82) is 0 Å². The number of halogens is 2. The molecule has 2 rings (SSSR count). The summed E-state index contributed by atoms with van der Waals surface area (Å²) in [6, 6.07) is 6.56. The van der Waals surface area contributed by atoms with Gasteiger partial charge in [0.05, 0.1) is 5.69 Å². The van der Waals surface area contributed by atoms with Gasteiger partial charge in [0.25, 0.3) is 5.56 Å². The Labute approximate surface area is 141 Å². The van der Waals surface area contributed by atoms with Crippen LogP contribution in [0.15, 0.2) is 29.1 Å². The summed E-state index contributed by atoms with van der Waals surface area (Å²) in [5.41, 5.74) is 1.99. The second-order valence-electron chi connectivity index (χ2n) is 3.37. The Morgan fingerprint density at radius 3 is 2.29 bits per heavy atom. The smallest absolute Gasteiger partial charge is 1.00 e. The van der Waals surface area contributed by atoms with Gasteiger partial charge in [-0.2, -0.15) is 5.10 Å². The van der Waals surface area contributed by atoms with E-state index in [0.717, 1.165) is 11.1 Å². The molecule has 0 bridgehead atoms. The molecule has 0 unspecified atom stereocenters. The van der Waals surface area contributed by atoms with Crippen LogP contribution in [0.4, 0.5) is 0 Å². The summed E-state index contributed by atoms with van der Waals surface area (Å²) < 4.78 is 0. The van der Waals surface area contributed by atoms with E-state index in [9.17, 15) is 4.79 Å². The maximum atomic E-state index is 10.9. The van der Waals surface area contributed by atoms with Crippen LogP contribution in [0.3, 0.4) is 0 Å². The summed E-state index contributed by atoms with van der Waals surface area (Å²) in [7, 11) is 0. The monoisotopic (exact) mass is 296 g/mol. The number of nitrogens with zero attached hydrogens (tertiary/aromatic N) is 1. The van der Waals surface area contributed by atoms with Crippen molar-refractivity contribution in [2.45, 2.75) is 6.92 Å². The minimum Gasteiger partial charge on any atom is -1.00 e. The Morgan fingerprint density at radius 1 is 1.24 bits per heavy atom. The zero-order valence-electron chi connectivity index (χ0n) is 11.1. The van der Waals surface area contributed by atoms with Crippen LogP contribution in [-0.2, 0) is 0 Å². The third-order valence-corrected chi connectivity index (χ3v) is 3.04. The van der Waals surface area contributed by atoms with Crippen molar-refractivity contribution >= 4 is 60.9 Å². The van der Waals surface area contributed by atoms with Gasteiger partial charge in [-0.15, -0.1) is 0 Å². The van der Waals surface area contributed by atoms with Gasteiger partial charge in [-0.3, -0.25) is 4.79 Å². The van der Waals surface area contributed by atoms with E-state index in [1.54, 1.807) is 18.2 Å². The third-order valence-electron chi connectivity index (χ3n) is 2.26. The molecule has 86 valence electrons. The van der Waals surface area contributed by atoms with E-state index in [1.807, 2.05) is 6.92 Å². The van der Waals surface area contributed by atoms with Gasteiger partial charge in [0.2, 0.25) is 0 Å². The van der Waals surface area contributed by atoms with E-state index in [4.69, 9.17) is 23.2 Å². The van der Waals surface area contributed by atoms with Gasteiger partial charge < -0.3 is 2.85 Å². The first-order valence-corrected chi connectivity index (χ1v) is 5.35. The first kappa shape index (κ1) is 15.0. The molecule has 0 saturated heterocycles. The summed E-state index contributed by atoms with van der Waals surface area (Å²) in [5, 5.41) is 7.42. The normalized spacial score (nSPS) is 9.82. The van der Waals surface area contributed by atoms with Gasteiger partial charge in [0.15, 0.2) is 0 Å². The van der Waals surface area contributed by atoms with Crippen LogP contribution in [-0.4, -0.2) is 47.9 Å². The van der Waals surface area contributed by atoms with Crippen molar-refractivity contribution in [1.82, 2.24) is 10.2 Å². The molecule has 0 spiro atoms. The Balaban J connectivity index is 0. The molecule has 1 N–H and O–H groups in total. The van der Waals surface area contributed by atoms with Crippen LogP contribution >= 0.6 is 23.2 Å². The fourth-order valence-corrected chi connectivity index (χ4v) is 1.79. The van der Waals surface area contributed by atoms with Crippen molar-refractivity contribution in [2.75, 3.05) is 0 Å². The molecular formula is C11H10CaCl2N2O. The van der Waals surface area contributed by atoms with Gasteiger partial charge in [0.1, 0.15) is 0 Å². The molecule has 0 amide bonds. The van der Waals surface area contributed by atoms with E-state index < -0.39 is 0 Å². The van der Waals surface area contributed by atoms with Crippen LogP contribution in [0.5, 0.6) is 0 Å². The van der Waals surface area contributed by atoms with Crippen molar-refractivity contribution in [2.24, 2.45) is 0 Å². The average Bonchev–Trinajstić information content (AvgIpc) is 2.26. The Kier molecular flexibility index (Phi) is 5.48. The number of rotatable bonds is 1. The molecule has 17 heavy (non-hydrogen) atoms. The van der Waals surface area contributed by atoms with Gasteiger partial charge in [-0.05, 0) is 30.7 Å². The fraction of sp³-hybridized carbons (Fsp3) is 0.0909. The van der Waals surface area contributed by atoms with Crippen molar-refractivity contribution in [3.05, 3.63) is 50.2 Å². The van der Waals surface area contributed by atoms with Crippen molar-refractivity contribution < 1.29 is 2.85 Å². The predicted molar refractivity (Wildman–Crippen MR) is 73.0 cm³/mol. The molecule has 0 radical (unpaired) electrons. The first-order valence-electron chi connectivity index (χ1n) is 4.59. The molecule has 1 aromatic carbocycles. The minimum absolute atomic E-state index is 0. The SMILES string of the molecule is Cc1c(Cl)cc(-c2ccc(=O)[nH]n2)cc1Cl.[Ca+2].[H-].[H-]. The van der Waals surface area contributed by atoms with Gasteiger partial charge in [-0.1, -0.05) is 23.2 Å². The molecule has 1 aromatic heterocycles. The topological polar surface area (TPSA) is 45.8 Å². The molecule has 0 aliphatic heterocycles. The van der Waals surface area contributed by atoms with Gasteiger partial charge >= 0.3 is 37.7 Å². The molecule has 0 aliphatic rings. The van der Waals surface area contributed by atoms with Crippen LogP contribution in [0.2, 0.25) is 10.0 Å². The largest absolute Gasteiger partial charge is 2.00 e. The number of hydrogen-bond acceptors (Lipinski definition) is 2. The van der Waals surface area contributed by atoms with Gasteiger partial charge in [0, 0.05) is 21.7 Å². The molecule has 0 aliphatic carbocycles. The number of benzene rings is 1. The number of hydrogen-bond donors (Lipinski definition) is 1. The first-order chi connectivity index (χ1) is 7.58. The van der Waals surface area contributed by atoms with E-state index in [2.05, 4.69) is 10.2 Å². The Bertz CT molecular complexity index is 564. The second-order valence-corrected chi connectivity index (χ2v) is 4.19. The predicted octanol–water partition coefficient (Wildman–Crippen LogP) is 2.90. The standard InChI is InChI=1S/C11H8Cl2N2O.Ca.2H/c1-6-8(12)4-7(5-9(6)13)10-2-3-11(16)15-14-10;;;/h2-5H,1H3,(H,15,16);;;/q;+2;2*-1. The molecule has 0 fully saturated rings. The minimum atomic E-state index is -0.243. The molecule has 2 aromatic rings. The van der Waals surface area contributed by atoms with E-state index in [-0.39, 0.29) is 46.2 Å². The third kappa shape index (κ3) is 3.46. The average molecular weight is 297 g/mol. The number of H-pyrrole nitrogens is 1.